The zero-order valence-corrected chi connectivity index (χ0v) is 12.2. The summed E-state index contributed by atoms with van der Waals surface area (Å²) in [7, 11) is 0. The number of carbonyl (C=O) groups is 1. The van der Waals surface area contributed by atoms with Gasteiger partial charge in [-0.15, -0.1) is 0 Å². The van der Waals surface area contributed by atoms with Crippen LogP contribution < -0.4 is 5.32 Å². The van der Waals surface area contributed by atoms with E-state index in [2.05, 4.69) is 19.2 Å². The highest BCUT2D eigenvalue weighted by atomic mass is 16.6. The molecule has 1 saturated carbocycles. The van der Waals surface area contributed by atoms with Gasteiger partial charge in [-0.1, -0.05) is 13.8 Å². The predicted octanol–water partition coefficient (Wildman–Crippen LogP) is 3.53. The minimum atomic E-state index is -1.15. The summed E-state index contributed by atoms with van der Waals surface area (Å²) < 4.78 is 0. The molecule has 2 N–H and O–H groups in total. The number of hydrogen-bond acceptors (Lipinski definition) is 4. The van der Waals surface area contributed by atoms with E-state index in [0.29, 0.717) is 17.5 Å². The SMILES string of the molecule is CC1CC(C)CC(Nc2ccc([N+](=O)[O-])cc2C(=O)O)C1. The number of nitrogens with zero attached hydrogens (tertiary/aromatic N) is 1. The Hall–Kier alpha value is -2.11. The topological polar surface area (TPSA) is 92.5 Å². The lowest BCUT2D eigenvalue weighted by Gasteiger charge is -2.32. The molecule has 21 heavy (non-hydrogen) atoms. The van der Waals surface area contributed by atoms with Gasteiger partial charge in [-0.05, 0) is 37.2 Å². The van der Waals surface area contributed by atoms with E-state index in [1.807, 2.05) is 0 Å². The van der Waals surface area contributed by atoms with Gasteiger partial charge in [-0.25, -0.2) is 4.79 Å². The van der Waals surface area contributed by atoms with Crippen LogP contribution in [0.5, 0.6) is 0 Å². The molecule has 0 amide bonds. The largest absolute Gasteiger partial charge is 0.478 e. The van der Waals surface area contributed by atoms with Crippen LogP contribution in [0.15, 0.2) is 18.2 Å². The molecule has 2 rings (SSSR count). The highest BCUT2D eigenvalue weighted by molar-refractivity contribution is 5.95. The first-order chi connectivity index (χ1) is 9.86. The number of carboxylic acid groups (broad SMARTS) is 1. The van der Waals surface area contributed by atoms with Gasteiger partial charge in [0.25, 0.3) is 5.69 Å². The molecule has 2 unspecified atom stereocenters. The Morgan fingerprint density at radius 1 is 1.29 bits per heavy atom. The highest BCUT2D eigenvalue weighted by Crippen LogP contribution is 2.32. The molecule has 2 atom stereocenters. The van der Waals surface area contributed by atoms with E-state index in [9.17, 15) is 20.0 Å². The van der Waals surface area contributed by atoms with Crippen LogP contribution in [0, 0.1) is 22.0 Å². The van der Waals surface area contributed by atoms with Crippen LogP contribution in [0.4, 0.5) is 11.4 Å². The predicted molar refractivity (Wildman–Crippen MR) is 79.6 cm³/mol. The molecule has 1 aliphatic carbocycles. The Kier molecular flexibility index (Phi) is 4.45. The van der Waals surface area contributed by atoms with Gasteiger partial charge in [0.1, 0.15) is 0 Å². The molecule has 0 bridgehead atoms. The number of aromatic carboxylic acids is 1. The van der Waals surface area contributed by atoms with Crippen molar-refractivity contribution in [1.29, 1.82) is 0 Å². The summed E-state index contributed by atoms with van der Waals surface area (Å²) in [5.41, 5.74) is 0.206. The van der Waals surface area contributed by atoms with Crippen molar-refractivity contribution in [2.24, 2.45) is 11.8 Å². The fraction of sp³-hybridized carbons (Fsp3) is 0.533. The molecule has 1 aliphatic rings. The number of benzene rings is 1. The van der Waals surface area contributed by atoms with Gasteiger partial charge >= 0.3 is 5.97 Å². The van der Waals surface area contributed by atoms with Crippen molar-refractivity contribution in [3.63, 3.8) is 0 Å². The third-order valence-corrected chi connectivity index (χ3v) is 3.98. The molecule has 0 radical (unpaired) electrons. The lowest BCUT2D eigenvalue weighted by Crippen LogP contribution is -2.30. The number of non-ortho nitro benzene ring substituents is 1. The monoisotopic (exact) mass is 292 g/mol. The Bertz CT molecular complexity index is 549. The summed E-state index contributed by atoms with van der Waals surface area (Å²) in [6.45, 7) is 4.39. The van der Waals surface area contributed by atoms with Crippen molar-refractivity contribution >= 4 is 17.3 Å². The van der Waals surface area contributed by atoms with Crippen molar-refractivity contribution in [1.82, 2.24) is 0 Å². The van der Waals surface area contributed by atoms with Crippen LogP contribution in [0.2, 0.25) is 0 Å². The fourth-order valence-electron chi connectivity index (χ4n) is 3.23. The van der Waals surface area contributed by atoms with E-state index < -0.39 is 10.9 Å². The van der Waals surface area contributed by atoms with E-state index in [1.54, 1.807) is 0 Å². The normalized spacial score (nSPS) is 25.3. The molecule has 1 aromatic carbocycles. The number of carboxylic acids is 1. The first kappa shape index (κ1) is 15.3. The molecule has 6 nitrogen and oxygen atoms in total. The number of nitro groups is 1. The van der Waals surface area contributed by atoms with Gasteiger partial charge in [0.15, 0.2) is 0 Å². The Morgan fingerprint density at radius 3 is 2.43 bits per heavy atom. The molecule has 1 fully saturated rings. The van der Waals surface area contributed by atoms with E-state index in [-0.39, 0.29) is 17.3 Å². The summed E-state index contributed by atoms with van der Waals surface area (Å²) in [4.78, 5) is 21.5. The fourth-order valence-corrected chi connectivity index (χ4v) is 3.23. The summed E-state index contributed by atoms with van der Waals surface area (Å²) in [5.74, 6) is 0.0354. The van der Waals surface area contributed by atoms with E-state index in [4.69, 9.17) is 0 Å². The van der Waals surface area contributed by atoms with Crippen LogP contribution in [-0.2, 0) is 0 Å². The van der Waals surface area contributed by atoms with E-state index >= 15 is 0 Å². The van der Waals surface area contributed by atoms with Gasteiger partial charge < -0.3 is 10.4 Å². The van der Waals surface area contributed by atoms with E-state index in [0.717, 1.165) is 18.9 Å². The van der Waals surface area contributed by atoms with Crippen LogP contribution in [0.1, 0.15) is 43.5 Å². The number of nitro benzene ring substituents is 1. The molecule has 0 heterocycles. The molecule has 114 valence electrons. The zero-order chi connectivity index (χ0) is 15.6. The van der Waals surface area contributed by atoms with Crippen LogP contribution in [0.25, 0.3) is 0 Å². The Labute approximate surface area is 123 Å². The maximum atomic E-state index is 11.3. The summed E-state index contributed by atoms with van der Waals surface area (Å²) in [5, 5.41) is 23.3. The van der Waals surface area contributed by atoms with Crippen molar-refractivity contribution in [2.75, 3.05) is 5.32 Å². The van der Waals surface area contributed by atoms with Crippen molar-refractivity contribution in [2.45, 2.75) is 39.2 Å². The third kappa shape index (κ3) is 3.71. The number of hydrogen-bond donors (Lipinski definition) is 2. The number of anilines is 1. The lowest BCUT2D eigenvalue weighted by molar-refractivity contribution is -0.384. The third-order valence-electron chi connectivity index (χ3n) is 3.98. The second-order valence-electron chi connectivity index (χ2n) is 6.05. The minimum absolute atomic E-state index is 0.0462. The number of nitrogens with one attached hydrogen (secondary N) is 1. The van der Waals surface area contributed by atoms with Crippen LogP contribution >= 0.6 is 0 Å². The average molecular weight is 292 g/mol. The second kappa shape index (κ2) is 6.11. The summed E-state index contributed by atoms with van der Waals surface area (Å²) in [6.07, 6.45) is 3.16. The first-order valence-corrected chi connectivity index (χ1v) is 7.15. The first-order valence-electron chi connectivity index (χ1n) is 7.15. The van der Waals surface area contributed by atoms with Gasteiger partial charge in [0.05, 0.1) is 10.5 Å². The Morgan fingerprint density at radius 2 is 1.90 bits per heavy atom. The van der Waals surface area contributed by atoms with Crippen LogP contribution in [-0.4, -0.2) is 22.0 Å². The molecule has 0 aromatic heterocycles. The molecular formula is C15H20N2O4. The summed E-state index contributed by atoms with van der Waals surface area (Å²) in [6, 6.07) is 4.15. The second-order valence-corrected chi connectivity index (χ2v) is 6.05. The van der Waals surface area contributed by atoms with Gasteiger partial charge in [0.2, 0.25) is 0 Å². The molecular weight excluding hydrogens is 272 g/mol. The van der Waals surface area contributed by atoms with Crippen molar-refractivity contribution in [3.8, 4) is 0 Å². The summed E-state index contributed by atoms with van der Waals surface area (Å²) >= 11 is 0. The molecule has 1 aromatic rings. The number of rotatable bonds is 4. The quantitative estimate of drug-likeness (QED) is 0.654. The average Bonchev–Trinajstić information content (AvgIpc) is 2.37. The standard InChI is InChI=1S/C15H20N2O4/c1-9-5-10(2)7-11(6-9)16-14-4-3-12(17(20)21)8-13(14)15(18)19/h3-4,8-11,16H,5-7H2,1-2H3,(H,18,19). The van der Waals surface area contributed by atoms with E-state index in [1.165, 1.54) is 18.6 Å². The molecule has 0 aliphatic heterocycles. The van der Waals surface area contributed by atoms with Gasteiger partial charge in [-0.2, -0.15) is 0 Å². The molecule has 6 heteroatoms. The smallest absolute Gasteiger partial charge is 0.338 e. The lowest BCUT2D eigenvalue weighted by atomic mass is 9.80. The Balaban J connectivity index is 2.23. The maximum absolute atomic E-state index is 11.3. The van der Waals surface area contributed by atoms with Gasteiger partial charge in [-0.3, -0.25) is 10.1 Å². The maximum Gasteiger partial charge on any atom is 0.338 e. The van der Waals surface area contributed by atoms with Crippen LogP contribution in [0.3, 0.4) is 0 Å². The van der Waals surface area contributed by atoms with Crippen molar-refractivity contribution in [3.05, 3.63) is 33.9 Å². The minimum Gasteiger partial charge on any atom is -0.478 e. The molecule has 0 saturated heterocycles. The highest BCUT2D eigenvalue weighted by Gasteiger charge is 2.25. The molecule has 0 spiro atoms. The van der Waals surface area contributed by atoms with Gasteiger partial charge in [0, 0.05) is 23.9 Å². The van der Waals surface area contributed by atoms with Crippen molar-refractivity contribution < 1.29 is 14.8 Å². The zero-order valence-electron chi connectivity index (χ0n) is 12.2.